The second-order valence-electron chi connectivity index (χ2n) is 4.87. The minimum atomic E-state index is -3.49. The van der Waals surface area contributed by atoms with Crippen LogP contribution in [-0.4, -0.2) is 21.3 Å². The Hall–Kier alpha value is -2.10. The van der Waals surface area contributed by atoms with Crippen LogP contribution in [0.4, 0.5) is 0 Å². The van der Waals surface area contributed by atoms with Crippen LogP contribution < -0.4 is 4.74 Å². The average Bonchev–Trinajstić information content (AvgIpc) is 3.01. The van der Waals surface area contributed by atoms with Gasteiger partial charge in [0.1, 0.15) is 16.7 Å². The fraction of sp³-hybridized carbons (Fsp3) is 0.235. The van der Waals surface area contributed by atoms with Crippen molar-refractivity contribution in [2.24, 2.45) is 0 Å². The average molecular weight is 347 g/mol. The summed E-state index contributed by atoms with van der Waals surface area (Å²) in [5.41, 5.74) is 1.02. The lowest BCUT2D eigenvalue weighted by molar-refractivity contribution is 0.415. The van der Waals surface area contributed by atoms with Crippen molar-refractivity contribution in [3.05, 3.63) is 46.2 Å². The first kappa shape index (κ1) is 17.3. The Morgan fingerprint density at radius 2 is 1.96 bits per heavy atom. The third-order valence-electron chi connectivity index (χ3n) is 3.19. The highest BCUT2D eigenvalue weighted by molar-refractivity contribution is 7.95. The number of ether oxygens (including phenoxy) is 1. The molecule has 1 aromatic heterocycles. The van der Waals surface area contributed by atoms with Gasteiger partial charge in [0.05, 0.1) is 12.9 Å². The molecule has 2 aromatic rings. The molecule has 0 fully saturated rings. The van der Waals surface area contributed by atoms with E-state index in [0.29, 0.717) is 6.42 Å². The monoisotopic (exact) mass is 347 g/mol. The number of benzene rings is 1. The maximum atomic E-state index is 12.0. The van der Waals surface area contributed by atoms with Gasteiger partial charge < -0.3 is 4.74 Å². The third-order valence-corrected chi connectivity index (χ3v) is 6.10. The molecule has 0 bridgehead atoms. The zero-order chi connectivity index (χ0) is 16.9. The summed E-state index contributed by atoms with van der Waals surface area (Å²) >= 11 is 1.44. The fourth-order valence-corrected chi connectivity index (χ4v) is 4.27. The lowest BCUT2D eigenvalue weighted by Gasteiger charge is -2.01. The fourth-order valence-electron chi connectivity index (χ4n) is 2.04. The van der Waals surface area contributed by atoms with Gasteiger partial charge in [-0.2, -0.15) is 5.26 Å². The first-order valence-electron chi connectivity index (χ1n) is 7.09. The predicted octanol–water partition coefficient (Wildman–Crippen LogP) is 4.11. The van der Waals surface area contributed by atoms with Crippen molar-refractivity contribution in [2.45, 2.75) is 13.3 Å². The second-order valence-corrected chi connectivity index (χ2v) is 8.06. The number of allylic oxidation sites excluding steroid dienone is 1. The van der Waals surface area contributed by atoms with Crippen molar-refractivity contribution >= 4 is 27.3 Å². The van der Waals surface area contributed by atoms with Crippen LogP contribution in [0.25, 0.3) is 16.5 Å². The first-order valence-corrected chi connectivity index (χ1v) is 9.56. The number of nitriles is 1. The number of methoxy groups -OCH3 is 1. The molecule has 1 heterocycles. The van der Waals surface area contributed by atoms with Gasteiger partial charge in [-0.25, -0.2) is 8.42 Å². The Morgan fingerprint density at radius 3 is 2.52 bits per heavy atom. The van der Waals surface area contributed by atoms with Crippen molar-refractivity contribution < 1.29 is 13.2 Å². The largest absolute Gasteiger partial charge is 0.497 e. The molecule has 4 nitrogen and oxygen atoms in total. The molecule has 0 atom stereocenters. The number of hydrogen-bond donors (Lipinski definition) is 0. The molecule has 0 unspecified atom stereocenters. The summed E-state index contributed by atoms with van der Waals surface area (Å²) in [7, 11) is -1.88. The minimum absolute atomic E-state index is 0.0108. The van der Waals surface area contributed by atoms with Gasteiger partial charge in [-0.15, -0.1) is 11.3 Å². The molecule has 0 aliphatic heterocycles. The lowest BCUT2D eigenvalue weighted by atomic mass is 10.2. The quantitative estimate of drug-likeness (QED) is 0.737. The van der Waals surface area contributed by atoms with E-state index in [-0.39, 0.29) is 10.7 Å². The van der Waals surface area contributed by atoms with Gasteiger partial charge in [0.15, 0.2) is 9.84 Å². The summed E-state index contributed by atoms with van der Waals surface area (Å²) in [5.74, 6) is 0.770. The van der Waals surface area contributed by atoms with Crippen LogP contribution in [0.15, 0.2) is 41.3 Å². The Labute approximate surface area is 140 Å². The Morgan fingerprint density at radius 1 is 1.26 bits per heavy atom. The Bertz CT molecular complexity index is 841. The topological polar surface area (TPSA) is 67.2 Å². The standard InChI is InChI=1S/C17H17NO3S2/c1-3-10-23(19,20)16(12-18)11-15-8-9-17(22-15)13-4-6-14(21-2)7-5-13/h4-9,11H,3,10H2,1-2H3/b16-11+. The molecule has 23 heavy (non-hydrogen) atoms. The zero-order valence-corrected chi connectivity index (χ0v) is 14.6. The van der Waals surface area contributed by atoms with E-state index >= 15 is 0 Å². The summed E-state index contributed by atoms with van der Waals surface area (Å²) in [6.45, 7) is 1.78. The normalized spacial score (nSPS) is 12.0. The van der Waals surface area contributed by atoms with Gasteiger partial charge in [-0.05, 0) is 54.5 Å². The summed E-state index contributed by atoms with van der Waals surface area (Å²) < 4.78 is 29.2. The number of rotatable bonds is 6. The van der Waals surface area contributed by atoms with Gasteiger partial charge in [-0.3, -0.25) is 0 Å². The second kappa shape index (κ2) is 7.44. The van der Waals surface area contributed by atoms with Crippen LogP contribution in [-0.2, 0) is 9.84 Å². The molecule has 2 rings (SSSR count). The molecule has 120 valence electrons. The number of hydrogen-bond acceptors (Lipinski definition) is 5. The number of thiophene rings is 1. The van der Waals surface area contributed by atoms with Crippen LogP contribution >= 0.6 is 11.3 Å². The number of nitrogens with zero attached hydrogens (tertiary/aromatic N) is 1. The van der Waals surface area contributed by atoms with E-state index in [4.69, 9.17) is 10.00 Å². The highest BCUT2D eigenvalue weighted by Gasteiger charge is 2.16. The summed E-state index contributed by atoms with van der Waals surface area (Å²) in [5, 5.41) is 9.12. The van der Waals surface area contributed by atoms with E-state index in [0.717, 1.165) is 21.1 Å². The summed E-state index contributed by atoms with van der Waals surface area (Å²) in [4.78, 5) is 1.57. The minimum Gasteiger partial charge on any atom is -0.497 e. The van der Waals surface area contributed by atoms with Crippen molar-refractivity contribution in [3.63, 3.8) is 0 Å². The van der Waals surface area contributed by atoms with Crippen LogP contribution in [0.5, 0.6) is 5.75 Å². The highest BCUT2D eigenvalue weighted by Crippen LogP contribution is 2.31. The molecule has 0 spiro atoms. The van der Waals surface area contributed by atoms with Gasteiger partial charge in [0, 0.05) is 9.75 Å². The first-order chi connectivity index (χ1) is 11.0. The van der Waals surface area contributed by atoms with Crippen LogP contribution in [0.3, 0.4) is 0 Å². The highest BCUT2D eigenvalue weighted by atomic mass is 32.2. The molecule has 0 radical (unpaired) electrons. The van der Waals surface area contributed by atoms with Crippen LogP contribution in [0.1, 0.15) is 18.2 Å². The lowest BCUT2D eigenvalue weighted by Crippen LogP contribution is -2.06. The molecule has 0 amide bonds. The predicted molar refractivity (Wildman–Crippen MR) is 94.0 cm³/mol. The molecule has 1 aromatic carbocycles. The van der Waals surface area contributed by atoms with Crippen molar-refractivity contribution in [3.8, 4) is 22.3 Å². The van der Waals surface area contributed by atoms with Crippen molar-refractivity contribution in [1.29, 1.82) is 5.26 Å². The Balaban J connectivity index is 2.31. The van der Waals surface area contributed by atoms with E-state index in [2.05, 4.69) is 0 Å². The SMILES string of the molecule is CCCS(=O)(=O)/C(C#N)=C/c1ccc(-c2ccc(OC)cc2)s1. The molecule has 0 aliphatic rings. The van der Waals surface area contributed by atoms with Crippen LogP contribution in [0.2, 0.25) is 0 Å². The van der Waals surface area contributed by atoms with Gasteiger partial charge in [0.2, 0.25) is 0 Å². The summed E-state index contributed by atoms with van der Waals surface area (Å²) in [6, 6.07) is 13.2. The van der Waals surface area contributed by atoms with Crippen LogP contribution in [0, 0.1) is 11.3 Å². The van der Waals surface area contributed by atoms with E-state index in [1.165, 1.54) is 17.4 Å². The molecule has 6 heteroatoms. The maximum Gasteiger partial charge on any atom is 0.188 e. The Kier molecular flexibility index (Phi) is 5.59. The zero-order valence-electron chi connectivity index (χ0n) is 12.9. The maximum absolute atomic E-state index is 12.0. The van der Waals surface area contributed by atoms with E-state index < -0.39 is 9.84 Å². The molecule has 0 aliphatic carbocycles. The van der Waals surface area contributed by atoms with E-state index in [9.17, 15) is 8.42 Å². The molecule has 0 saturated carbocycles. The van der Waals surface area contributed by atoms with E-state index in [1.807, 2.05) is 36.4 Å². The van der Waals surface area contributed by atoms with Crippen molar-refractivity contribution in [2.75, 3.05) is 12.9 Å². The third kappa shape index (κ3) is 4.21. The molecule has 0 N–H and O–H groups in total. The molecule has 0 saturated heterocycles. The molecular weight excluding hydrogens is 330 g/mol. The van der Waals surface area contributed by atoms with Gasteiger partial charge in [-0.1, -0.05) is 6.92 Å². The van der Waals surface area contributed by atoms with Gasteiger partial charge >= 0.3 is 0 Å². The summed E-state index contributed by atoms with van der Waals surface area (Å²) in [6.07, 6.45) is 1.94. The van der Waals surface area contributed by atoms with E-state index in [1.54, 1.807) is 20.1 Å². The van der Waals surface area contributed by atoms with Crippen molar-refractivity contribution in [1.82, 2.24) is 0 Å². The smallest absolute Gasteiger partial charge is 0.188 e. The van der Waals surface area contributed by atoms with Gasteiger partial charge in [0.25, 0.3) is 0 Å². The number of sulfone groups is 1. The molecular formula is C17H17NO3S2.